The number of nitrogens with one attached hydrogen (secondary N) is 1. The first-order valence-electron chi connectivity index (χ1n) is 7.02. The lowest BCUT2D eigenvalue weighted by atomic mass is 10.1. The molecule has 0 aliphatic carbocycles. The van der Waals surface area contributed by atoms with Crippen LogP contribution in [-0.4, -0.2) is 10.8 Å². The van der Waals surface area contributed by atoms with E-state index >= 15 is 0 Å². The summed E-state index contributed by atoms with van der Waals surface area (Å²) in [6, 6.07) is 12.3. The number of amides is 1. The topological polar surface area (TPSA) is 72.2 Å². The van der Waals surface area contributed by atoms with Crippen molar-refractivity contribution in [2.45, 2.75) is 26.8 Å². The van der Waals surface area contributed by atoms with Gasteiger partial charge in [-0.15, -0.1) is 0 Å². The normalized spacial score (nSPS) is 10.3. The van der Waals surface area contributed by atoms with Crippen molar-refractivity contribution < 1.29 is 9.72 Å². The van der Waals surface area contributed by atoms with Crippen molar-refractivity contribution in [3.8, 4) is 0 Å². The Bertz CT molecular complexity index is 711. The summed E-state index contributed by atoms with van der Waals surface area (Å²) in [7, 11) is 0. The fourth-order valence-electron chi connectivity index (χ4n) is 2.31. The molecule has 1 amide bonds. The lowest BCUT2D eigenvalue weighted by Gasteiger charge is -2.09. The number of nitrogens with zero attached hydrogens (tertiary/aromatic N) is 1. The highest BCUT2D eigenvalue weighted by molar-refractivity contribution is 5.79. The van der Waals surface area contributed by atoms with Gasteiger partial charge in [-0.25, -0.2) is 0 Å². The summed E-state index contributed by atoms with van der Waals surface area (Å²) in [6.45, 7) is 4.44. The molecule has 114 valence electrons. The highest BCUT2D eigenvalue weighted by atomic mass is 16.6. The van der Waals surface area contributed by atoms with Crippen molar-refractivity contribution in [3.05, 3.63) is 74.8 Å². The van der Waals surface area contributed by atoms with E-state index in [0.29, 0.717) is 12.1 Å². The molecule has 2 rings (SSSR count). The number of rotatable bonds is 5. The summed E-state index contributed by atoms with van der Waals surface area (Å²) in [5, 5.41) is 13.7. The molecule has 5 heteroatoms. The van der Waals surface area contributed by atoms with E-state index in [1.54, 1.807) is 18.2 Å². The fraction of sp³-hybridized carbons (Fsp3) is 0.235. The molecule has 0 spiro atoms. The van der Waals surface area contributed by atoms with Crippen LogP contribution >= 0.6 is 0 Å². The minimum absolute atomic E-state index is 0.00205. The fourth-order valence-corrected chi connectivity index (χ4v) is 2.31. The molecule has 0 aromatic heterocycles. The second-order valence-corrected chi connectivity index (χ2v) is 5.27. The summed E-state index contributed by atoms with van der Waals surface area (Å²) in [5.74, 6) is -0.228. The molecule has 0 saturated carbocycles. The Morgan fingerprint density at radius 3 is 2.55 bits per heavy atom. The molecule has 0 aliphatic rings. The maximum Gasteiger partial charge on any atom is 0.273 e. The number of hydrogen-bond donors (Lipinski definition) is 1. The molecule has 0 radical (unpaired) electrons. The third kappa shape index (κ3) is 3.91. The number of para-hydroxylation sites is 1. The average molecular weight is 298 g/mol. The van der Waals surface area contributed by atoms with Crippen LogP contribution in [0, 0.1) is 24.0 Å². The molecule has 0 saturated heterocycles. The predicted molar refractivity (Wildman–Crippen MR) is 84.6 cm³/mol. The highest BCUT2D eigenvalue weighted by Crippen LogP contribution is 2.18. The first kappa shape index (κ1) is 15.7. The van der Waals surface area contributed by atoms with Gasteiger partial charge in [0.25, 0.3) is 5.69 Å². The van der Waals surface area contributed by atoms with Gasteiger partial charge in [-0.3, -0.25) is 14.9 Å². The molecular weight excluding hydrogens is 280 g/mol. The van der Waals surface area contributed by atoms with Crippen molar-refractivity contribution in [2.24, 2.45) is 0 Å². The van der Waals surface area contributed by atoms with Gasteiger partial charge in [0.1, 0.15) is 0 Å². The maximum atomic E-state index is 12.0. The number of hydrogen-bond acceptors (Lipinski definition) is 3. The standard InChI is InChI=1S/C17H18N2O3/c1-12-7-8-15(13(2)9-12)11-18-17(20)10-14-5-3-4-6-16(14)19(21)22/h3-9H,10-11H2,1-2H3,(H,18,20). The summed E-state index contributed by atoms with van der Waals surface area (Å²) >= 11 is 0. The number of carbonyl (C=O) groups is 1. The van der Waals surface area contributed by atoms with E-state index in [2.05, 4.69) is 11.4 Å². The summed E-state index contributed by atoms with van der Waals surface area (Å²) in [6.07, 6.45) is 0.00205. The molecule has 1 N–H and O–H groups in total. The molecule has 2 aromatic rings. The van der Waals surface area contributed by atoms with Gasteiger partial charge in [-0.05, 0) is 25.0 Å². The van der Waals surface area contributed by atoms with Crippen LogP contribution in [0.4, 0.5) is 5.69 Å². The van der Waals surface area contributed by atoms with Crippen LogP contribution in [0.15, 0.2) is 42.5 Å². The molecule has 22 heavy (non-hydrogen) atoms. The van der Waals surface area contributed by atoms with Gasteiger partial charge in [0.05, 0.1) is 11.3 Å². The highest BCUT2D eigenvalue weighted by Gasteiger charge is 2.15. The first-order valence-corrected chi connectivity index (χ1v) is 7.02. The van der Waals surface area contributed by atoms with E-state index in [9.17, 15) is 14.9 Å². The number of nitro groups is 1. The van der Waals surface area contributed by atoms with E-state index in [-0.39, 0.29) is 18.0 Å². The molecule has 0 atom stereocenters. The Hall–Kier alpha value is -2.69. The molecule has 0 aliphatic heterocycles. The smallest absolute Gasteiger partial charge is 0.273 e. The minimum atomic E-state index is -0.466. The van der Waals surface area contributed by atoms with Crippen LogP contribution in [0.5, 0.6) is 0 Å². The van der Waals surface area contributed by atoms with Crippen LogP contribution in [-0.2, 0) is 17.8 Å². The second kappa shape index (κ2) is 6.85. The maximum absolute atomic E-state index is 12.0. The molecule has 5 nitrogen and oxygen atoms in total. The van der Waals surface area contributed by atoms with Gasteiger partial charge in [-0.1, -0.05) is 42.0 Å². The van der Waals surface area contributed by atoms with Crippen molar-refractivity contribution in [2.75, 3.05) is 0 Å². The van der Waals surface area contributed by atoms with Crippen LogP contribution in [0.3, 0.4) is 0 Å². The van der Waals surface area contributed by atoms with Crippen LogP contribution < -0.4 is 5.32 Å². The molecule has 0 heterocycles. The van der Waals surface area contributed by atoms with E-state index in [0.717, 1.165) is 11.1 Å². The largest absolute Gasteiger partial charge is 0.352 e. The van der Waals surface area contributed by atoms with E-state index < -0.39 is 4.92 Å². The van der Waals surface area contributed by atoms with Crippen molar-refractivity contribution >= 4 is 11.6 Å². The van der Waals surface area contributed by atoms with Crippen molar-refractivity contribution in [1.82, 2.24) is 5.32 Å². The predicted octanol–water partition coefficient (Wildman–Crippen LogP) is 3.07. The average Bonchev–Trinajstić information content (AvgIpc) is 2.46. The summed E-state index contributed by atoms with van der Waals surface area (Å²) < 4.78 is 0. The zero-order valence-corrected chi connectivity index (χ0v) is 12.6. The van der Waals surface area contributed by atoms with E-state index in [1.165, 1.54) is 11.6 Å². The van der Waals surface area contributed by atoms with Gasteiger partial charge in [0.15, 0.2) is 0 Å². The van der Waals surface area contributed by atoms with Gasteiger partial charge in [0.2, 0.25) is 5.91 Å². The van der Waals surface area contributed by atoms with Crippen molar-refractivity contribution in [1.29, 1.82) is 0 Å². The zero-order chi connectivity index (χ0) is 16.1. The van der Waals surface area contributed by atoms with Crippen LogP contribution in [0.1, 0.15) is 22.3 Å². The van der Waals surface area contributed by atoms with Crippen molar-refractivity contribution in [3.63, 3.8) is 0 Å². The minimum Gasteiger partial charge on any atom is -0.352 e. The van der Waals surface area contributed by atoms with Gasteiger partial charge in [-0.2, -0.15) is 0 Å². The Morgan fingerprint density at radius 2 is 1.86 bits per heavy atom. The van der Waals surface area contributed by atoms with Crippen LogP contribution in [0.2, 0.25) is 0 Å². The molecule has 0 unspecified atom stereocenters. The van der Waals surface area contributed by atoms with Gasteiger partial charge >= 0.3 is 0 Å². The number of carbonyl (C=O) groups excluding carboxylic acids is 1. The Kier molecular flexibility index (Phi) is 4.88. The molecular formula is C17H18N2O3. The Balaban J connectivity index is 2.00. The molecule has 0 bridgehead atoms. The molecule has 2 aromatic carbocycles. The quantitative estimate of drug-likeness (QED) is 0.681. The lowest BCUT2D eigenvalue weighted by Crippen LogP contribution is -2.25. The van der Waals surface area contributed by atoms with Crippen LogP contribution in [0.25, 0.3) is 0 Å². The Labute approximate surface area is 129 Å². The van der Waals surface area contributed by atoms with E-state index in [4.69, 9.17) is 0 Å². The SMILES string of the molecule is Cc1ccc(CNC(=O)Cc2ccccc2[N+](=O)[O-])c(C)c1. The third-order valence-electron chi connectivity index (χ3n) is 3.51. The van der Waals surface area contributed by atoms with E-state index in [1.807, 2.05) is 26.0 Å². The van der Waals surface area contributed by atoms with Gasteiger partial charge < -0.3 is 5.32 Å². The second-order valence-electron chi connectivity index (χ2n) is 5.27. The summed E-state index contributed by atoms with van der Waals surface area (Å²) in [5.41, 5.74) is 3.73. The molecule has 0 fully saturated rings. The third-order valence-corrected chi connectivity index (χ3v) is 3.51. The monoisotopic (exact) mass is 298 g/mol. The van der Waals surface area contributed by atoms with Gasteiger partial charge in [0, 0.05) is 18.2 Å². The zero-order valence-electron chi connectivity index (χ0n) is 12.6. The lowest BCUT2D eigenvalue weighted by molar-refractivity contribution is -0.385. The first-order chi connectivity index (χ1) is 10.5. The number of nitro benzene ring substituents is 1. The summed E-state index contributed by atoms with van der Waals surface area (Å²) in [4.78, 5) is 22.5. The number of aryl methyl sites for hydroxylation is 2. The Morgan fingerprint density at radius 1 is 1.14 bits per heavy atom. The number of benzene rings is 2.